The summed E-state index contributed by atoms with van der Waals surface area (Å²) in [6.07, 6.45) is 7.39. The molecule has 8 nitrogen and oxygen atoms in total. The van der Waals surface area contributed by atoms with E-state index in [0.717, 1.165) is 63.9 Å². The van der Waals surface area contributed by atoms with E-state index in [1.54, 1.807) is 0 Å². The molecule has 2 N–H and O–H groups in total. The first-order valence-electron chi connectivity index (χ1n) is 11.8. The Labute approximate surface area is 179 Å². The molecular formula is C22H37N5O3. The molecule has 0 spiro atoms. The Morgan fingerprint density at radius 2 is 1.57 bits per heavy atom. The van der Waals surface area contributed by atoms with Crippen molar-refractivity contribution in [1.29, 1.82) is 0 Å². The minimum atomic E-state index is -0.370. The van der Waals surface area contributed by atoms with Crippen LogP contribution < -0.4 is 10.6 Å². The highest BCUT2D eigenvalue weighted by Gasteiger charge is 2.42. The minimum Gasteiger partial charge on any atom is -0.342 e. The summed E-state index contributed by atoms with van der Waals surface area (Å²) in [5.74, 6) is 2.11. The highest BCUT2D eigenvalue weighted by atomic mass is 16.2. The molecule has 4 unspecified atom stereocenters. The van der Waals surface area contributed by atoms with E-state index in [2.05, 4.69) is 27.4 Å². The van der Waals surface area contributed by atoms with Gasteiger partial charge >= 0.3 is 6.03 Å². The molecule has 0 aromatic heterocycles. The largest absolute Gasteiger partial charge is 0.342 e. The number of nitrogens with zero attached hydrogens (tertiary/aromatic N) is 3. The molecule has 4 aliphatic rings. The number of rotatable bonds is 6. The molecule has 4 rings (SSSR count). The summed E-state index contributed by atoms with van der Waals surface area (Å²) in [6, 6.07) is -0.255. The fraction of sp³-hybridized carbons (Fsp3) is 0.864. The Balaban J connectivity index is 1.12. The van der Waals surface area contributed by atoms with Crippen molar-refractivity contribution in [2.75, 3.05) is 52.4 Å². The number of amides is 4. The Bertz CT molecular complexity index is 643. The molecule has 0 aromatic rings. The van der Waals surface area contributed by atoms with Gasteiger partial charge in [-0.3, -0.25) is 24.7 Å². The molecular weight excluding hydrogens is 382 g/mol. The van der Waals surface area contributed by atoms with Gasteiger partial charge in [-0.25, -0.2) is 4.79 Å². The quantitative estimate of drug-likeness (QED) is 0.668. The Morgan fingerprint density at radius 1 is 0.900 bits per heavy atom. The van der Waals surface area contributed by atoms with Crippen molar-refractivity contribution in [3.63, 3.8) is 0 Å². The summed E-state index contributed by atoms with van der Waals surface area (Å²) in [7, 11) is 0. The van der Waals surface area contributed by atoms with Crippen LogP contribution in [0.3, 0.4) is 0 Å². The van der Waals surface area contributed by atoms with Gasteiger partial charge in [0.25, 0.3) is 0 Å². The van der Waals surface area contributed by atoms with Crippen LogP contribution in [0.25, 0.3) is 0 Å². The van der Waals surface area contributed by atoms with E-state index in [1.807, 2.05) is 4.90 Å². The number of imide groups is 1. The van der Waals surface area contributed by atoms with E-state index in [4.69, 9.17) is 0 Å². The average molecular weight is 420 g/mol. The molecule has 0 radical (unpaired) electrons. The van der Waals surface area contributed by atoms with Gasteiger partial charge in [-0.05, 0) is 56.8 Å². The van der Waals surface area contributed by atoms with Crippen molar-refractivity contribution in [1.82, 2.24) is 25.3 Å². The third-order valence-corrected chi connectivity index (χ3v) is 7.70. The number of carbonyl (C=O) groups excluding carboxylic acids is 3. The summed E-state index contributed by atoms with van der Waals surface area (Å²) in [4.78, 5) is 43.0. The number of nitrogens with one attached hydrogen (secondary N) is 2. The van der Waals surface area contributed by atoms with Crippen molar-refractivity contribution in [3.8, 4) is 0 Å². The maximum atomic E-state index is 12.3. The second kappa shape index (κ2) is 9.64. The second-order valence-electron chi connectivity index (χ2n) is 9.79. The maximum Gasteiger partial charge on any atom is 0.321 e. The number of urea groups is 1. The van der Waals surface area contributed by atoms with Gasteiger partial charge in [-0.15, -0.1) is 0 Å². The average Bonchev–Trinajstić information content (AvgIpc) is 3.47. The number of likely N-dealkylation sites (tertiary alicyclic amines) is 1. The molecule has 0 aromatic carbocycles. The Hall–Kier alpha value is -1.67. The Kier molecular flexibility index (Phi) is 6.93. The fourth-order valence-electron chi connectivity index (χ4n) is 5.99. The molecule has 2 saturated heterocycles. The molecule has 2 aliphatic heterocycles. The summed E-state index contributed by atoms with van der Waals surface area (Å²) in [5.41, 5.74) is 0. The van der Waals surface area contributed by atoms with Crippen molar-refractivity contribution < 1.29 is 14.4 Å². The van der Waals surface area contributed by atoms with Gasteiger partial charge in [0, 0.05) is 45.3 Å². The van der Waals surface area contributed by atoms with E-state index in [1.165, 1.54) is 25.7 Å². The van der Waals surface area contributed by atoms with E-state index < -0.39 is 0 Å². The zero-order valence-electron chi connectivity index (χ0n) is 18.3. The lowest BCUT2D eigenvalue weighted by Gasteiger charge is -2.34. The number of hydrogen-bond acceptors (Lipinski definition) is 5. The summed E-state index contributed by atoms with van der Waals surface area (Å²) in [6.45, 7) is 7.59. The topological polar surface area (TPSA) is 85.0 Å². The van der Waals surface area contributed by atoms with Crippen LogP contribution in [-0.2, 0) is 9.59 Å². The van der Waals surface area contributed by atoms with Gasteiger partial charge in [0.15, 0.2) is 0 Å². The lowest BCUT2D eigenvalue weighted by atomic mass is 9.84. The molecule has 2 heterocycles. The van der Waals surface area contributed by atoms with Gasteiger partial charge in [0.05, 0.1) is 13.1 Å². The summed E-state index contributed by atoms with van der Waals surface area (Å²) in [5, 5.41) is 5.49. The molecule has 2 saturated carbocycles. The molecule has 30 heavy (non-hydrogen) atoms. The highest BCUT2D eigenvalue weighted by Crippen LogP contribution is 2.49. The molecule has 4 fully saturated rings. The number of fused-ring (bicyclic) bond motifs is 2. The molecule has 168 valence electrons. The lowest BCUT2D eigenvalue weighted by Crippen LogP contribution is -2.53. The molecule has 8 heteroatoms. The fourth-order valence-corrected chi connectivity index (χ4v) is 5.99. The smallest absolute Gasteiger partial charge is 0.321 e. The zero-order valence-corrected chi connectivity index (χ0v) is 18.3. The Morgan fingerprint density at radius 3 is 2.17 bits per heavy atom. The predicted molar refractivity (Wildman–Crippen MR) is 114 cm³/mol. The van der Waals surface area contributed by atoms with Gasteiger partial charge < -0.3 is 10.2 Å². The van der Waals surface area contributed by atoms with E-state index in [0.29, 0.717) is 12.5 Å². The van der Waals surface area contributed by atoms with E-state index in [9.17, 15) is 14.4 Å². The molecule has 4 atom stereocenters. The van der Waals surface area contributed by atoms with Gasteiger partial charge in [0.1, 0.15) is 0 Å². The minimum absolute atomic E-state index is 0.116. The van der Waals surface area contributed by atoms with Crippen molar-refractivity contribution >= 4 is 17.8 Å². The third-order valence-electron chi connectivity index (χ3n) is 7.70. The lowest BCUT2D eigenvalue weighted by molar-refractivity contribution is -0.132. The van der Waals surface area contributed by atoms with Crippen molar-refractivity contribution in [2.45, 2.75) is 51.5 Å². The van der Waals surface area contributed by atoms with Crippen LogP contribution in [0.4, 0.5) is 4.79 Å². The first-order chi connectivity index (χ1) is 14.5. The van der Waals surface area contributed by atoms with Gasteiger partial charge in [-0.1, -0.05) is 6.42 Å². The first-order valence-corrected chi connectivity index (χ1v) is 11.8. The van der Waals surface area contributed by atoms with Gasteiger partial charge in [0.2, 0.25) is 11.8 Å². The molecule has 4 amide bonds. The van der Waals surface area contributed by atoms with Crippen LogP contribution in [0, 0.1) is 17.8 Å². The zero-order chi connectivity index (χ0) is 21.1. The number of hydrogen-bond donors (Lipinski definition) is 2. The summed E-state index contributed by atoms with van der Waals surface area (Å²) >= 11 is 0. The van der Waals surface area contributed by atoms with Crippen molar-refractivity contribution in [3.05, 3.63) is 0 Å². The van der Waals surface area contributed by atoms with Gasteiger partial charge in [-0.2, -0.15) is 0 Å². The second-order valence-corrected chi connectivity index (χ2v) is 9.79. The van der Waals surface area contributed by atoms with Crippen LogP contribution in [0.2, 0.25) is 0 Å². The van der Waals surface area contributed by atoms with Crippen LogP contribution in [0.15, 0.2) is 0 Å². The SMILES string of the molecule is CC(NC(=O)NC(=O)CN1CCN(CC(=O)N2CCCC2)CC1)C1CC2CCC1C2. The summed E-state index contributed by atoms with van der Waals surface area (Å²) < 4.78 is 0. The van der Waals surface area contributed by atoms with Crippen LogP contribution in [-0.4, -0.2) is 90.9 Å². The van der Waals surface area contributed by atoms with Crippen LogP contribution in [0.5, 0.6) is 0 Å². The van der Waals surface area contributed by atoms with E-state index in [-0.39, 0.29) is 30.4 Å². The van der Waals surface area contributed by atoms with Crippen LogP contribution >= 0.6 is 0 Å². The molecule has 2 aliphatic carbocycles. The standard InChI is InChI=1S/C22H37N5O3/c1-16(19-13-17-4-5-18(19)12-17)23-22(30)24-20(28)14-25-8-10-26(11-9-25)15-21(29)27-6-2-3-7-27/h16-19H,2-15H2,1H3,(H2,23,24,28,30). The van der Waals surface area contributed by atoms with Crippen molar-refractivity contribution in [2.24, 2.45) is 17.8 Å². The third kappa shape index (κ3) is 5.32. The molecule has 2 bridgehead atoms. The number of carbonyl (C=O) groups is 3. The predicted octanol–water partition coefficient (Wildman–Crippen LogP) is 0.877. The normalized spacial score (nSPS) is 30.4. The maximum absolute atomic E-state index is 12.3. The monoisotopic (exact) mass is 419 g/mol. The number of piperazine rings is 1. The van der Waals surface area contributed by atoms with Crippen LogP contribution in [0.1, 0.15) is 45.4 Å². The highest BCUT2D eigenvalue weighted by molar-refractivity contribution is 5.95. The van der Waals surface area contributed by atoms with E-state index >= 15 is 0 Å². The first kappa shape index (κ1) is 21.6.